The first kappa shape index (κ1) is 15.7. The summed E-state index contributed by atoms with van der Waals surface area (Å²) in [6.45, 7) is 3.86. The second-order valence-corrected chi connectivity index (χ2v) is 6.09. The fourth-order valence-corrected chi connectivity index (χ4v) is 2.98. The van der Waals surface area contributed by atoms with Crippen molar-refractivity contribution >= 4 is 37.8 Å². The third-order valence-electron chi connectivity index (χ3n) is 3.16. The van der Waals surface area contributed by atoms with Gasteiger partial charge in [0.05, 0.1) is 12.1 Å². The van der Waals surface area contributed by atoms with Crippen LogP contribution in [0.5, 0.6) is 0 Å². The van der Waals surface area contributed by atoms with Crippen LogP contribution < -0.4 is 5.32 Å². The number of nitrogens with one attached hydrogen (secondary N) is 1. The summed E-state index contributed by atoms with van der Waals surface area (Å²) in [4.78, 5) is 12.2. The highest BCUT2D eigenvalue weighted by molar-refractivity contribution is 9.11. The van der Waals surface area contributed by atoms with Gasteiger partial charge in [0.15, 0.2) is 0 Å². The fraction of sp³-hybridized carbons (Fsp3) is 0.462. The van der Waals surface area contributed by atoms with Crippen LogP contribution in [0, 0.1) is 0 Å². The van der Waals surface area contributed by atoms with Crippen molar-refractivity contribution in [1.29, 1.82) is 0 Å². The Labute approximate surface area is 124 Å². The summed E-state index contributed by atoms with van der Waals surface area (Å²) in [6, 6.07) is 5.39. The first-order valence-electron chi connectivity index (χ1n) is 5.86. The van der Waals surface area contributed by atoms with Gasteiger partial charge in [-0.25, -0.2) is 0 Å². The lowest BCUT2D eigenvalue weighted by molar-refractivity contribution is 0.0817. The van der Waals surface area contributed by atoms with Gasteiger partial charge in [0, 0.05) is 14.5 Å². The van der Waals surface area contributed by atoms with Gasteiger partial charge in [-0.3, -0.25) is 4.79 Å². The number of rotatable bonds is 5. The molecule has 1 rings (SSSR count). The third kappa shape index (κ3) is 3.80. The Morgan fingerprint density at radius 3 is 2.11 bits per heavy atom. The maximum Gasteiger partial charge on any atom is 0.251 e. The smallest absolute Gasteiger partial charge is 0.251 e. The largest absolute Gasteiger partial charge is 0.394 e. The number of halogens is 2. The van der Waals surface area contributed by atoms with Gasteiger partial charge in [-0.15, -0.1) is 0 Å². The molecule has 0 aliphatic rings. The molecular weight excluding hydrogens is 362 g/mol. The van der Waals surface area contributed by atoms with Crippen LogP contribution in [-0.4, -0.2) is 23.2 Å². The summed E-state index contributed by atoms with van der Waals surface area (Å²) < 4.78 is 1.68. The third-order valence-corrected chi connectivity index (χ3v) is 4.08. The van der Waals surface area contributed by atoms with E-state index in [2.05, 4.69) is 37.2 Å². The van der Waals surface area contributed by atoms with E-state index >= 15 is 0 Å². The normalized spacial score (nSPS) is 11.4. The minimum absolute atomic E-state index is 0.0546. The van der Waals surface area contributed by atoms with E-state index in [0.29, 0.717) is 18.4 Å². The van der Waals surface area contributed by atoms with Gasteiger partial charge in [0.25, 0.3) is 5.91 Å². The molecule has 0 saturated heterocycles. The van der Waals surface area contributed by atoms with Crippen molar-refractivity contribution in [3.63, 3.8) is 0 Å². The summed E-state index contributed by atoms with van der Waals surface area (Å²) in [5, 5.41) is 12.4. The Hall–Kier alpha value is -0.390. The Bertz CT molecular complexity index is 402. The maximum absolute atomic E-state index is 12.2. The molecule has 0 bridgehead atoms. The predicted molar refractivity (Wildman–Crippen MR) is 79.7 cm³/mol. The highest BCUT2D eigenvalue weighted by Gasteiger charge is 2.27. The molecule has 100 valence electrons. The van der Waals surface area contributed by atoms with Gasteiger partial charge in [-0.1, -0.05) is 45.7 Å². The molecule has 1 amide bonds. The van der Waals surface area contributed by atoms with E-state index in [1.54, 1.807) is 12.1 Å². The molecule has 0 atom stereocenters. The zero-order valence-electron chi connectivity index (χ0n) is 10.5. The van der Waals surface area contributed by atoms with E-state index in [-0.39, 0.29) is 12.5 Å². The van der Waals surface area contributed by atoms with Crippen LogP contribution in [0.15, 0.2) is 27.1 Å². The lowest BCUT2D eigenvalue weighted by atomic mass is 9.93. The van der Waals surface area contributed by atoms with Crippen molar-refractivity contribution in [2.24, 2.45) is 0 Å². The van der Waals surface area contributed by atoms with Gasteiger partial charge >= 0.3 is 0 Å². The molecule has 2 N–H and O–H groups in total. The molecular formula is C13H17Br2NO2. The highest BCUT2D eigenvalue weighted by Crippen LogP contribution is 2.21. The molecule has 0 saturated carbocycles. The first-order valence-corrected chi connectivity index (χ1v) is 7.44. The minimum atomic E-state index is -0.536. The molecule has 0 spiro atoms. The Kier molecular flexibility index (Phi) is 5.82. The van der Waals surface area contributed by atoms with Crippen molar-refractivity contribution in [2.45, 2.75) is 32.2 Å². The monoisotopic (exact) mass is 377 g/mol. The number of hydrogen-bond acceptors (Lipinski definition) is 2. The summed E-state index contributed by atoms with van der Waals surface area (Å²) in [5.41, 5.74) is 0.0299. The zero-order chi connectivity index (χ0) is 13.8. The van der Waals surface area contributed by atoms with Crippen LogP contribution in [0.3, 0.4) is 0 Å². The molecule has 0 aliphatic carbocycles. The van der Waals surface area contributed by atoms with Crippen LogP contribution in [0.4, 0.5) is 0 Å². The number of aliphatic hydroxyl groups is 1. The van der Waals surface area contributed by atoms with Crippen molar-refractivity contribution < 1.29 is 9.90 Å². The molecule has 18 heavy (non-hydrogen) atoms. The second kappa shape index (κ2) is 6.68. The molecule has 0 radical (unpaired) electrons. The lowest BCUT2D eigenvalue weighted by Gasteiger charge is -2.30. The number of benzene rings is 1. The van der Waals surface area contributed by atoms with Crippen molar-refractivity contribution in [2.75, 3.05) is 6.61 Å². The van der Waals surface area contributed by atoms with Crippen LogP contribution >= 0.6 is 31.9 Å². The number of amides is 1. The molecule has 3 nitrogen and oxygen atoms in total. The molecule has 0 aliphatic heterocycles. The molecule has 0 aromatic heterocycles. The summed E-state index contributed by atoms with van der Waals surface area (Å²) in [6.07, 6.45) is 1.39. The van der Waals surface area contributed by atoms with Crippen LogP contribution in [-0.2, 0) is 0 Å². The van der Waals surface area contributed by atoms with E-state index in [1.807, 2.05) is 19.9 Å². The SMILES string of the molecule is CCC(CC)(CO)NC(=O)c1cc(Br)cc(Br)c1. The van der Waals surface area contributed by atoms with E-state index < -0.39 is 5.54 Å². The van der Waals surface area contributed by atoms with Crippen molar-refractivity contribution in [3.05, 3.63) is 32.7 Å². The topological polar surface area (TPSA) is 49.3 Å². The number of hydrogen-bond donors (Lipinski definition) is 2. The fourth-order valence-electron chi connectivity index (χ4n) is 1.69. The average molecular weight is 379 g/mol. The van der Waals surface area contributed by atoms with Crippen molar-refractivity contribution in [1.82, 2.24) is 5.32 Å². The molecule has 0 fully saturated rings. The van der Waals surface area contributed by atoms with Crippen LogP contribution in [0.1, 0.15) is 37.0 Å². The van der Waals surface area contributed by atoms with E-state index in [4.69, 9.17) is 0 Å². The Morgan fingerprint density at radius 1 is 1.22 bits per heavy atom. The maximum atomic E-state index is 12.2. The summed E-state index contributed by atoms with van der Waals surface area (Å²) >= 11 is 6.71. The Balaban J connectivity index is 2.94. The number of aliphatic hydroxyl groups excluding tert-OH is 1. The van der Waals surface area contributed by atoms with E-state index in [1.165, 1.54) is 0 Å². The zero-order valence-corrected chi connectivity index (χ0v) is 13.6. The number of carbonyl (C=O) groups is 1. The summed E-state index contributed by atoms with van der Waals surface area (Å²) in [7, 11) is 0. The van der Waals surface area contributed by atoms with Gasteiger partial charge in [-0.05, 0) is 31.0 Å². The quantitative estimate of drug-likeness (QED) is 0.823. The van der Waals surface area contributed by atoms with E-state index in [9.17, 15) is 9.90 Å². The Morgan fingerprint density at radius 2 is 1.72 bits per heavy atom. The molecule has 1 aromatic rings. The number of carbonyl (C=O) groups excluding carboxylic acids is 1. The molecule has 1 aromatic carbocycles. The van der Waals surface area contributed by atoms with Crippen LogP contribution in [0.25, 0.3) is 0 Å². The van der Waals surface area contributed by atoms with Crippen molar-refractivity contribution in [3.8, 4) is 0 Å². The predicted octanol–water partition coefficient (Wildman–Crippen LogP) is 3.49. The van der Waals surface area contributed by atoms with E-state index in [0.717, 1.165) is 8.95 Å². The van der Waals surface area contributed by atoms with Gasteiger partial charge in [0.1, 0.15) is 0 Å². The highest BCUT2D eigenvalue weighted by atomic mass is 79.9. The lowest BCUT2D eigenvalue weighted by Crippen LogP contribution is -2.50. The molecule has 0 unspecified atom stereocenters. The van der Waals surface area contributed by atoms with Gasteiger partial charge < -0.3 is 10.4 Å². The second-order valence-electron chi connectivity index (χ2n) is 4.26. The van der Waals surface area contributed by atoms with Gasteiger partial charge in [-0.2, -0.15) is 0 Å². The van der Waals surface area contributed by atoms with Crippen LogP contribution in [0.2, 0.25) is 0 Å². The summed E-state index contributed by atoms with van der Waals surface area (Å²) in [5.74, 6) is -0.172. The molecule has 0 heterocycles. The first-order chi connectivity index (χ1) is 8.46. The average Bonchev–Trinajstić information content (AvgIpc) is 2.35. The standard InChI is InChI=1S/C13H17Br2NO2/c1-3-13(4-2,8-17)16-12(18)9-5-10(14)7-11(15)6-9/h5-7,17H,3-4,8H2,1-2H3,(H,16,18). The molecule has 5 heteroatoms. The minimum Gasteiger partial charge on any atom is -0.394 e. The van der Waals surface area contributed by atoms with Gasteiger partial charge in [0.2, 0.25) is 0 Å².